The summed E-state index contributed by atoms with van der Waals surface area (Å²) in [6.07, 6.45) is -0.800. The van der Waals surface area contributed by atoms with Gasteiger partial charge < -0.3 is 15.2 Å². The Balaban J connectivity index is 1.96. The van der Waals surface area contributed by atoms with E-state index in [1.807, 2.05) is 0 Å². The molecule has 0 spiro atoms. The standard InChI is InChI=1S/C20H19ClN2O5/c1-10-14(21)5-4-6-15(10)22-18(24)11(2)23-16-9-13(20(26)27)7-8-17(16)28-12(3)19(23)25/h4-9,11-12H,1-3H3,(H,22,24)(H,26,27). The van der Waals surface area contributed by atoms with Gasteiger partial charge in [-0.3, -0.25) is 14.5 Å². The van der Waals surface area contributed by atoms with Crippen LogP contribution < -0.4 is 15.0 Å². The number of aromatic carboxylic acids is 1. The summed E-state index contributed by atoms with van der Waals surface area (Å²) in [4.78, 5) is 38.2. The van der Waals surface area contributed by atoms with Crippen molar-refractivity contribution < 1.29 is 24.2 Å². The predicted octanol–water partition coefficient (Wildman–Crippen LogP) is 3.49. The second-order valence-corrected chi connectivity index (χ2v) is 6.94. The van der Waals surface area contributed by atoms with Gasteiger partial charge in [-0.15, -0.1) is 0 Å². The molecule has 2 aromatic carbocycles. The molecule has 146 valence electrons. The van der Waals surface area contributed by atoms with Gasteiger partial charge in [0.1, 0.15) is 11.8 Å². The number of halogens is 1. The van der Waals surface area contributed by atoms with E-state index in [-0.39, 0.29) is 11.3 Å². The number of hydrogen-bond acceptors (Lipinski definition) is 4. The van der Waals surface area contributed by atoms with Gasteiger partial charge in [0.15, 0.2) is 6.10 Å². The topological polar surface area (TPSA) is 95.9 Å². The van der Waals surface area contributed by atoms with Crippen molar-refractivity contribution in [2.75, 3.05) is 10.2 Å². The third kappa shape index (κ3) is 3.53. The molecule has 2 N–H and O–H groups in total. The quantitative estimate of drug-likeness (QED) is 0.816. The lowest BCUT2D eigenvalue weighted by Gasteiger charge is -2.36. The minimum absolute atomic E-state index is 0.00648. The Bertz CT molecular complexity index is 975. The molecule has 2 amide bonds. The van der Waals surface area contributed by atoms with Gasteiger partial charge in [0.2, 0.25) is 5.91 Å². The number of benzene rings is 2. The molecule has 2 atom stereocenters. The highest BCUT2D eigenvalue weighted by Gasteiger charge is 2.37. The lowest BCUT2D eigenvalue weighted by atomic mass is 10.1. The number of ether oxygens (including phenoxy) is 1. The summed E-state index contributed by atoms with van der Waals surface area (Å²) in [5.41, 5.74) is 1.49. The van der Waals surface area contributed by atoms with Crippen LogP contribution in [0.5, 0.6) is 5.75 Å². The zero-order valence-electron chi connectivity index (χ0n) is 15.5. The van der Waals surface area contributed by atoms with Crippen molar-refractivity contribution in [1.82, 2.24) is 0 Å². The average molecular weight is 403 g/mol. The van der Waals surface area contributed by atoms with E-state index < -0.39 is 29.9 Å². The number of nitrogens with zero attached hydrogens (tertiary/aromatic N) is 1. The van der Waals surface area contributed by atoms with E-state index in [1.54, 1.807) is 39.0 Å². The lowest BCUT2D eigenvalue weighted by Crippen LogP contribution is -2.52. The summed E-state index contributed by atoms with van der Waals surface area (Å²) < 4.78 is 5.56. The minimum Gasteiger partial charge on any atom is -0.479 e. The fraction of sp³-hybridized carbons (Fsp3) is 0.250. The molecule has 2 unspecified atom stereocenters. The van der Waals surface area contributed by atoms with Crippen LogP contribution in [0.25, 0.3) is 0 Å². The normalized spacial score (nSPS) is 16.8. The highest BCUT2D eigenvalue weighted by Crippen LogP contribution is 2.36. The van der Waals surface area contributed by atoms with E-state index in [9.17, 15) is 19.5 Å². The Hall–Kier alpha value is -3.06. The van der Waals surface area contributed by atoms with Crippen molar-refractivity contribution in [3.8, 4) is 5.75 Å². The molecule has 0 aliphatic carbocycles. The van der Waals surface area contributed by atoms with E-state index in [4.69, 9.17) is 16.3 Å². The highest BCUT2D eigenvalue weighted by atomic mass is 35.5. The van der Waals surface area contributed by atoms with Crippen molar-refractivity contribution in [3.63, 3.8) is 0 Å². The first-order valence-corrected chi connectivity index (χ1v) is 9.01. The van der Waals surface area contributed by atoms with Crippen LogP contribution in [0.4, 0.5) is 11.4 Å². The van der Waals surface area contributed by atoms with Crippen molar-refractivity contribution in [3.05, 3.63) is 52.5 Å². The molecule has 28 heavy (non-hydrogen) atoms. The largest absolute Gasteiger partial charge is 0.479 e. The van der Waals surface area contributed by atoms with E-state index in [2.05, 4.69) is 5.32 Å². The maximum Gasteiger partial charge on any atom is 0.335 e. The Morgan fingerprint density at radius 1 is 1.29 bits per heavy atom. The third-order valence-electron chi connectivity index (χ3n) is 4.65. The molecule has 0 radical (unpaired) electrons. The number of hydrogen-bond donors (Lipinski definition) is 2. The van der Waals surface area contributed by atoms with Crippen molar-refractivity contribution in [1.29, 1.82) is 0 Å². The molecule has 1 aliphatic rings. The Morgan fingerprint density at radius 2 is 2.00 bits per heavy atom. The van der Waals surface area contributed by atoms with Crippen LogP contribution in [0, 0.1) is 6.92 Å². The van der Waals surface area contributed by atoms with Crippen LogP contribution in [0.3, 0.4) is 0 Å². The fourth-order valence-corrected chi connectivity index (χ4v) is 3.17. The Morgan fingerprint density at radius 3 is 2.68 bits per heavy atom. The molecule has 0 fully saturated rings. The lowest BCUT2D eigenvalue weighted by molar-refractivity contribution is -0.128. The second kappa shape index (κ2) is 7.52. The molecule has 7 nitrogen and oxygen atoms in total. The van der Waals surface area contributed by atoms with E-state index in [1.165, 1.54) is 23.1 Å². The summed E-state index contributed by atoms with van der Waals surface area (Å²) in [6.45, 7) is 4.93. The van der Waals surface area contributed by atoms with Gasteiger partial charge in [-0.1, -0.05) is 17.7 Å². The van der Waals surface area contributed by atoms with Gasteiger partial charge in [-0.05, 0) is 56.7 Å². The summed E-state index contributed by atoms with van der Waals surface area (Å²) in [5, 5.41) is 12.5. The molecule has 0 saturated heterocycles. The number of carbonyl (C=O) groups excluding carboxylic acids is 2. The highest BCUT2D eigenvalue weighted by molar-refractivity contribution is 6.31. The fourth-order valence-electron chi connectivity index (χ4n) is 2.99. The van der Waals surface area contributed by atoms with Crippen molar-refractivity contribution in [2.24, 2.45) is 0 Å². The van der Waals surface area contributed by atoms with Crippen LogP contribution in [-0.2, 0) is 9.59 Å². The summed E-state index contributed by atoms with van der Waals surface area (Å²) in [5.74, 6) is -1.66. The SMILES string of the molecule is Cc1c(Cl)cccc1NC(=O)C(C)N1C(=O)C(C)Oc2ccc(C(=O)O)cc21. The molecular weight excluding hydrogens is 384 g/mol. The number of anilines is 2. The molecule has 2 aromatic rings. The van der Waals surface area contributed by atoms with Gasteiger partial charge in [-0.2, -0.15) is 0 Å². The second-order valence-electron chi connectivity index (χ2n) is 6.53. The van der Waals surface area contributed by atoms with Gasteiger partial charge in [0, 0.05) is 10.7 Å². The smallest absolute Gasteiger partial charge is 0.335 e. The van der Waals surface area contributed by atoms with Gasteiger partial charge in [0.25, 0.3) is 5.91 Å². The summed E-state index contributed by atoms with van der Waals surface area (Å²) in [6, 6.07) is 8.45. The van der Waals surface area contributed by atoms with Crippen LogP contribution in [-0.4, -0.2) is 35.0 Å². The number of fused-ring (bicyclic) bond motifs is 1. The molecular formula is C20H19ClN2O5. The third-order valence-corrected chi connectivity index (χ3v) is 5.06. The molecule has 8 heteroatoms. The number of rotatable bonds is 4. The van der Waals surface area contributed by atoms with Crippen LogP contribution in [0.2, 0.25) is 5.02 Å². The Kier molecular flexibility index (Phi) is 5.29. The van der Waals surface area contributed by atoms with Gasteiger partial charge >= 0.3 is 5.97 Å². The number of carboxylic acids is 1. The molecule has 0 bridgehead atoms. The molecule has 1 aliphatic heterocycles. The first kappa shape index (κ1) is 19.7. The molecule has 0 aromatic heterocycles. The van der Waals surface area contributed by atoms with Crippen molar-refractivity contribution in [2.45, 2.75) is 32.9 Å². The predicted molar refractivity (Wildman–Crippen MR) is 105 cm³/mol. The van der Waals surface area contributed by atoms with E-state index >= 15 is 0 Å². The number of amides is 2. The zero-order valence-corrected chi connectivity index (χ0v) is 16.3. The summed E-state index contributed by atoms with van der Waals surface area (Å²) >= 11 is 6.09. The molecule has 3 rings (SSSR count). The maximum absolute atomic E-state index is 12.9. The van der Waals surface area contributed by atoms with Gasteiger partial charge in [0.05, 0.1) is 11.3 Å². The monoisotopic (exact) mass is 402 g/mol. The van der Waals surface area contributed by atoms with E-state index in [0.29, 0.717) is 22.0 Å². The van der Waals surface area contributed by atoms with Gasteiger partial charge in [-0.25, -0.2) is 4.79 Å². The van der Waals surface area contributed by atoms with Crippen LogP contribution >= 0.6 is 11.6 Å². The number of carboxylic acid groups (broad SMARTS) is 1. The van der Waals surface area contributed by atoms with Crippen LogP contribution in [0.1, 0.15) is 29.8 Å². The first-order chi connectivity index (χ1) is 13.2. The first-order valence-electron chi connectivity index (χ1n) is 8.63. The average Bonchev–Trinajstić information content (AvgIpc) is 2.65. The number of carbonyl (C=O) groups is 3. The Labute approximate surface area is 166 Å². The number of nitrogens with one attached hydrogen (secondary N) is 1. The molecule has 1 heterocycles. The maximum atomic E-state index is 12.9. The summed E-state index contributed by atoms with van der Waals surface area (Å²) in [7, 11) is 0. The minimum atomic E-state index is -1.14. The zero-order chi connectivity index (χ0) is 20.6. The van der Waals surface area contributed by atoms with E-state index in [0.717, 1.165) is 0 Å². The van der Waals surface area contributed by atoms with Crippen LogP contribution in [0.15, 0.2) is 36.4 Å². The van der Waals surface area contributed by atoms with Crippen molar-refractivity contribution >= 4 is 40.8 Å². The molecule has 0 saturated carbocycles.